The van der Waals surface area contributed by atoms with Gasteiger partial charge in [-0.2, -0.15) is 8.42 Å². The van der Waals surface area contributed by atoms with Crippen LogP contribution in [0.2, 0.25) is 0 Å². The number of amides is 1. The summed E-state index contributed by atoms with van der Waals surface area (Å²) in [4.78, 5) is 11.5. The van der Waals surface area contributed by atoms with Crippen LogP contribution in [0.15, 0.2) is 48.7 Å². The first kappa shape index (κ1) is 18.9. The van der Waals surface area contributed by atoms with E-state index in [2.05, 4.69) is 10.3 Å². The van der Waals surface area contributed by atoms with Crippen LogP contribution in [0.4, 0.5) is 10.1 Å². The minimum Gasteiger partial charge on any atom is -0.506 e. The summed E-state index contributed by atoms with van der Waals surface area (Å²) in [7, 11) is -4.27. The zero-order chi connectivity index (χ0) is 20.6. The first-order valence-electron chi connectivity index (χ1n) is 8.64. The highest BCUT2D eigenvalue weighted by Gasteiger charge is 2.38. The van der Waals surface area contributed by atoms with E-state index in [1.165, 1.54) is 12.3 Å². The van der Waals surface area contributed by atoms with E-state index >= 15 is 4.39 Å². The third-order valence-corrected chi connectivity index (χ3v) is 5.83. The zero-order valence-electron chi connectivity index (χ0n) is 15.0. The molecule has 3 aromatic rings. The van der Waals surface area contributed by atoms with E-state index < -0.39 is 39.9 Å². The number of nitrogens with zero attached hydrogens (tertiary/aromatic N) is 4. The summed E-state index contributed by atoms with van der Waals surface area (Å²) in [5.74, 6) is -2.44. The Balaban J connectivity index is 1.63. The van der Waals surface area contributed by atoms with Gasteiger partial charge >= 0.3 is 10.2 Å². The maximum absolute atomic E-state index is 15.1. The van der Waals surface area contributed by atoms with Crippen LogP contribution in [0.3, 0.4) is 0 Å². The van der Waals surface area contributed by atoms with Gasteiger partial charge in [-0.1, -0.05) is 35.5 Å². The number of benzene rings is 2. The van der Waals surface area contributed by atoms with Crippen LogP contribution in [-0.4, -0.2) is 41.0 Å². The molecule has 29 heavy (non-hydrogen) atoms. The molecule has 0 saturated carbocycles. The van der Waals surface area contributed by atoms with Gasteiger partial charge in [-0.05, 0) is 24.1 Å². The maximum Gasteiger partial charge on any atom is 0.326 e. The number of aromatic nitrogens is 3. The van der Waals surface area contributed by atoms with Crippen molar-refractivity contribution >= 4 is 21.8 Å². The van der Waals surface area contributed by atoms with Gasteiger partial charge in [0.15, 0.2) is 5.82 Å². The van der Waals surface area contributed by atoms with Gasteiger partial charge in [0.1, 0.15) is 23.7 Å². The Hall–Kier alpha value is -3.47. The first-order chi connectivity index (χ1) is 13.8. The van der Waals surface area contributed by atoms with Crippen molar-refractivity contribution in [2.24, 2.45) is 0 Å². The SMILES string of the molecule is O=C1CN(c2c(O)ccc(-c3cn(CCc4ccccc4)nn3)c2F)S(=O)(=O)N1. The van der Waals surface area contributed by atoms with Crippen LogP contribution >= 0.6 is 0 Å². The fourth-order valence-electron chi connectivity index (χ4n) is 3.05. The molecule has 150 valence electrons. The van der Waals surface area contributed by atoms with Crippen molar-refractivity contribution in [3.05, 3.63) is 60.0 Å². The van der Waals surface area contributed by atoms with E-state index in [0.29, 0.717) is 17.3 Å². The summed E-state index contributed by atoms with van der Waals surface area (Å²) in [6.07, 6.45) is 2.23. The molecule has 0 atom stereocenters. The molecule has 1 aliphatic rings. The number of hydrogen-bond donors (Lipinski definition) is 2. The average molecular weight is 417 g/mol. The highest BCUT2D eigenvalue weighted by atomic mass is 32.2. The van der Waals surface area contributed by atoms with E-state index in [0.717, 1.165) is 11.6 Å². The Labute approximate surface area is 165 Å². The van der Waals surface area contributed by atoms with E-state index in [1.807, 2.05) is 30.3 Å². The number of anilines is 1. The number of carbonyl (C=O) groups is 1. The molecule has 11 heteroatoms. The van der Waals surface area contributed by atoms with Gasteiger partial charge in [0, 0.05) is 12.1 Å². The molecule has 1 amide bonds. The lowest BCUT2D eigenvalue weighted by atomic mass is 10.1. The van der Waals surface area contributed by atoms with Crippen molar-refractivity contribution < 1.29 is 22.7 Å². The number of aromatic hydroxyl groups is 1. The Bertz CT molecular complexity index is 1180. The van der Waals surface area contributed by atoms with Gasteiger partial charge in [-0.15, -0.1) is 5.10 Å². The Morgan fingerprint density at radius 3 is 2.62 bits per heavy atom. The van der Waals surface area contributed by atoms with Crippen molar-refractivity contribution in [1.82, 2.24) is 19.7 Å². The number of phenols is 1. The molecule has 0 bridgehead atoms. The molecule has 2 heterocycles. The summed E-state index contributed by atoms with van der Waals surface area (Å²) in [5.41, 5.74) is 0.629. The number of rotatable bonds is 5. The van der Waals surface area contributed by atoms with Gasteiger partial charge < -0.3 is 5.11 Å². The van der Waals surface area contributed by atoms with Crippen LogP contribution in [0.1, 0.15) is 5.56 Å². The number of carbonyl (C=O) groups excluding carboxylic acids is 1. The number of aryl methyl sites for hydroxylation is 2. The molecule has 0 radical (unpaired) electrons. The summed E-state index contributed by atoms with van der Waals surface area (Å²) in [6, 6.07) is 12.2. The molecule has 2 N–H and O–H groups in total. The fraction of sp³-hybridized carbons (Fsp3) is 0.167. The molecule has 1 fully saturated rings. The van der Waals surface area contributed by atoms with Crippen LogP contribution in [0.25, 0.3) is 11.3 Å². The topological polar surface area (TPSA) is 117 Å². The summed E-state index contributed by atoms with van der Waals surface area (Å²) in [5, 5.41) is 18.0. The molecule has 1 aromatic heterocycles. The van der Waals surface area contributed by atoms with Crippen molar-refractivity contribution in [3.63, 3.8) is 0 Å². The molecule has 1 aliphatic heterocycles. The van der Waals surface area contributed by atoms with Gasteiger partial charge in [0.05, 0.1) is 6.20 Å². The Morgan fingerprint density at radius 1 is 1.17 bits per heavy atom. The average Bonchev–Trinajstić information content (AvgIpc) is 3.25. The van der Waals surface area contributed by atoms with Crippen molar-refractivity contribution in [2.75, 3.05) is 10.8 Å². The molecule has 0 aliphatic carbocycles. The molecule has 4 rings (SSSR count). The Kier molecular flexibility index (Phi) is 4.66. The summed E-state index contributed by atoms with van der Waals surface area (Å²) >= 11 is 0. The smallest absolute Gasteiger partial charge is 0.326 e. The summed E-state index contributed by atoms with van der Waals surface area (Å²) < 4.78 is 43.0. The first-order valence-corrected chi connectivity index (χ1v) is 10.1. The van der Waals surface area contributed by atoms with Gasteiger partial charge in [-0.25, -0.2) is 13.4 Å². The quantitative estimate of drug-likeness (QED) is 0.645. The van der Waals surface area contributed by atoms with E-state index in [1.54, 1.807) is 9.40 Å². The minimum atomic E-state index is -4.27. The second-order valence-corrected chi connectivity index (χ2v) is 8.03. The van der Waals surface area contributed by atoms with E-state index in [-0.39, 0.29) is 11.3 Å². The molecular formula is C18H16FN5O4S. The number of hydrogen-bond acceptors (Lipinski definition) is 6. The molecule has 0 spiro atoms. The number of phenolic OH excluding ortho intramolecular Hbond substituents is 1. The van der Waals surface area contributed by atoms with Crippen LogP contribution in [0.5, 0.6) is 5.75 Å². The third kappa shape index (κ3) is 3.63. The third-order valence-electron chi connectivity index (χ3n) is 4.45. The van der Waals surface area contributed by atoms with Crippen molar-refractivity contribution in [2.45, 2.75) is 13.0 Å². The standard InChI is InChI=1S/C18H16FN5O4S/c19-17-13(6-7-15(25)18(17)24-11-16(26)21-29(24,27)28)14-10-23(22-20-14)9-8-12-4-2-1-3-5-12/h1-7,10,25H,8-9,11H2,(H,21,26). The fourth-order valence-corrected chi connectivity index (χ4v) is 4.22. The van der Waals surface area contributed by atoms with Gasteiger partial charge in [0.25, 0.3) is 5.91 Å². The minimum absolute atomic E-state index is 0.0432. The molecular weight excluding hydrogens is 401 g/mol. The van der Waals surface area contributed by atoms with Crippen LogP contribution < -0.4 is 9.03 Å². The Morgan fingerprint density at radius 2 is 1.93 bits per heavy atom. The maximum atomic E-state index is 15.1. The van der Waals surface area contributed by atoms with E-state index in [4.69, 9.17) is 0 Å². The lowest BCUT2D eigenvalue weighted by Crippen LogP contribution is -2.30. The number of nitrogens with one attached hydrogen (secondary N) is 1. The van der Waals surface area contributed by atoms with Crippen molar-refractivity contribution in [1.29, 1.82) is 0 Å². The predicted octanol–water partition coefficient (Wildman–Crippen LogP) is 1.21. The van der Waals surface area contributed by atoms with Crippen LogP contribution in [-0.2, 0) is 28.0 Å². The molecule has 9 nitrogen and oxygen atoms in total. The zero-order valence-corrected chi connectivity index (χ0v) is 15.8. The van der Waals surface area contributed by atoms with E-state index in [9.17, 15) is 18.3 Å². The van der Waals surface area contributed by atoms with Crippen molar-refractivity contribution in [3.8, 4) is 17.0 Å². The molecule has 0 unspecified atom stereocenters. The second kappa shape index (κ2) is 7.17. The predicted molar refractivity (Wildman–Crippen MR) is 102 cm³/mol. The number of halogens is 1. The largest absolute Gasteiger partial charge is 0.506 e. The normalized spacial score (nSPS) is 15.5. The lowest BCUT2D eigenvalue weighted by Gasteiger charge is -2.18. The molecule has 1 saturated heterocycles. The monoisotopic (exact) mass is 417 g/mol. The lowest BCUT2D eigenvalue weighted by molar-refractivity contribution is -0.117. The van der Waals surface area contributed by atoms with Gasteiger partial charge in [0.2, 0.25) is 0 Å². The van der Waals surface area contributed by atoms with Crippen LogP contribution in [0, 0.1) is 5.82 Å². The summed E-state index contributed by atoms with van der Waals surface area (Å²) in [6.45, 7) is -0.109. The molecule has 2 aromatic carbocycles. The highest BCUT2D eigenvalue weighted by Crippen LogP contribution is 2.38. The van der Waals surface area contributed by atoms with Gasteiger partial charge in [-0.3, -0.25) is 9.48 Å². The second-order valence-electron chi connectivity index (χ2n) is 6.43. The highest BCUT2D eigenvalue weighted by molar-refractivity contribution is 7.92.